The smallest absolute Gasteiger partial charge is 0.257 e. The van der Waals surface area contributed by atoms with E-state index in [9.17, 15) is 4.79 Å². The number of carbonyl (C=O) groups is 1. The number of H-pyrrole nitrogens is 1. The SMILES string of the molecule is COCCNc1cc(-c2ncccc2Cl)ccc1C(=O)Nc1ccc2[nH]ncc2c1. The average Bonchev–Trinajstić information content (AvgIpc) is 3.22. The van der Waals surface area contributed by atoms with E-state index in [2.05, 4.69) is 25.8 Å². The molecule has 0 fully saturated rings. The highest BCUT2D eigenvalue weighted by molar-refractivity contribution is 6.33. The molecule has 1 amide bonds. The molecule has 0 aliphatic carbocycles. The Hall–Kier alpha value is -3.42. The summed E-state index contributed by atoms with van der Waals surface area (Å²) in [4.78, 5) is 17.4. The van der Waals surface area contributed by atoms with E-state index in [1.165, 1.54) is 0 Å². The summed E-state index contributed by atoms with van der Waals surface area (Å²) in [5.41, 5.74) is 4.26. The average molecular weight is 422 g/mol. The van der Waals surface area contributed by atoms with Crippen LogP contribution in [0.5, 0.6) is 0 Å². The number of fused-ring (bicyclic) bond motifs is 1. The quantitative estimate of drug-likeness (QED) is 0.379. The van der Waals surface area contributed by atoms with Gasteiger partial charge < -0.3 is 15.4 Å². The Kier molecular flexibility index (Phi) is 5.92. The van der Waals surface area contributed by atoms with Crippen molar-refractivity contribution in [3.05, 3.63) is 71.5 Å². The summed E-state index contributed by atoms with van der Waals surface area (Å²) in [6.07, 6.45) is 3.40. The first-order chi connectivity index (χ1) is 14.7. The van der Waals surface area contributed by atoms with Crippen LogP contribution in [0, 0.1) is 0 Å². The van der Waals surface area contributed by atoms with Gasteiger partial charge in [0.15, 0.2) is 0 Å². The van der Waals surface area contributed by atoms with Crippen molar-refractivity contribution in [3.8, 4) is 11.3 Å². The number of aromatic amines is 1. The number of anilines is 2. The maximum absolute atomic E-state index is 13.0. The lowest BCUT2D eigenvalue weighted by Gasteiger charge is -2.14. The number of nitrogens with one attached hydrogen (secondary N) is 3. The van der Waals surface area contributed by atoms with Crippen LogP contribution in [0.1, 0.15) is 10.4 Å². The van der Waals surface area contributed by atoms with E-state index in [4.69, 9.17) is 16.3 Å². The number of nitrogens with zero attached hydrogens (tertiary/aromatic N) is 2. The third-order valence-electron chi connectivity index (χ3n) is 4.62. The Morgan fingerprint density at radius 1 is 1.20 bits per heavy atom. The van der Waals surface area contributed by atoms with Crippen LogP contribution in [-0.2, 0) is 4.74 Å². The first-order valence-electron chi connectivity index (χ1n) is 9.38. The topological polar surface area (TPSA) is 91.9 Å². The number of ether oxygens (including phenoxy) is 1. The van der Waals surface area contributed by atoms with Crippen molar-refractivity contribution < 1.29 is 9.53 Å². The van der Waals surface area contributed by atoms with E-state index in [1.54, 1.807) is 37.7 Å². The number of rotatable bonds is 7. The number of benzene rings is 2. The minimum Gasteiger partial charge on any atom is -0.383 e. The number of hydrogen-bond donors (Lipinski definition) is 3. The fraction of sp³-hybridized carbons (Fsp3) is 0.136. The zero-order valence-electron chi connectivity index (χ0n) is 16.3. The van der Waals surface area contributed by atoms with Gasteiger partial charge in [-0.05, 0) is 42.5 Å². The molecule has 0 spiro atoms. The second-order valence-electron chi connectivity index (χ2n) is 6.64. The molecule has 4 rings (SSSR count). The molecular weight excluding hydrogens is 402 g/mol. The number of amides is 1. The van der Waals surface area contributed by atoms with Gasteiger partial charge in [-0.1, -0.05) is 17.7 Å². The molecule has 0 aliphatic heterocycles. The van der Waals surface area contributed by atoms with Crippen molar-refractivity contribution in [2.24, 2.45) is 0 Å². The first kappa shape index (κ1) is 19.9. The lowest BCUT2D eigenvalue weighted by molar-refractivity contribution is 0.102. The number of halogens is 1. The zero-order chi connectivity index (χ0) is 20.9. The van der Waals surface area contributed by atoms with E-state index in [0.29, 0.717) is 40.8 Å². The maximum atomic E-state index is 13.0. The van der Waals surface area contributed by atoms with Gasteiger partial charge in [-0.25, -0.2) is 0 Å². The first-order valence-corrected chi connectivity index (χ1v) is 9.76. The van der Waals surface area contributed by atoms with E-state index < -0.39 is 0 Å². The van der Waals surface area contributed by atoms with Gasteiger partial charge in [0.2, 0.25) is 0 Å². The predicted octanol–water partition coefficient (Wildman–Crippen LogP) is 4.59. The van der Waals surface area contributed by atoms with Crippen molar-refractivity contribution in [1.82, 2.24) is 15.2 Å². The molecule has 30 heavy (non-hydrogen) atoms. The monoisotopic (exact) mass is 421 g/mol. The van der Waals surface area contributed by atoms with Gasteiger partial charge in [-0.2, -0.15) is 5.10 Å². The molecule has 0 unspecified atom stereocenters. The third-order valence-corrected chi connectivity index (χ3v) is 4.92. The minimum atomic E-state index is -0.226. The largest absolute Gasteiger partial charge is 0.383 e. The minimum absolute atomic E-state index is 0.226. The molecule has 0 atom stereocenters. The Morgan fingerprint density at radius 3 is 2.93 bits per heavy atom. The normalized spacial score (nSPS) is 10.9. The van der Waals surface area contributed by atoms with Crippen LogP contribution >= 0.6 is 11.6 Å². The summed E-state index contributed by atoms with van der Waals surface area (Å²) in [5.74, 6) is -0.226. The van der Waals surface area contributed by atoms with Crippen molar-refractivity contribution >= 4 is 39.8 Å². The van der Waals surface area contributed by atoms with Gasteiger partial charge in [-0.15, -0.1) is 0 Å². The molecule has 0 radical (unpaired) electrons. The fourth-order valence-corrected chi connectivity index (χ4v) is 3.37. The van der Waals surface area contributed by atoms with Crippen molar-refractivity contribution in [3.63, 3.8) is 0 Å². The number of carbonyl (C=O) groups excluding carboxylic acids is 1. The Morgan fingerprint density at radius 2 is 2.10 bits per heavy atom. The van der Waals surface area contributed by atoms with E-state index in [0.717, 1.165) is 16.5 Å². The summed E-state index contributed by atoms with van der Waals surface area (Å²) < 4.78 is 5.12. The van der Waals surface area contributed by atoms with E-state index in [-0.39, 0.29) is 5.91 Å². The highest BCUT2D eigenvalue weighted by Gasteiger charge is 2.15. The number of hydrogen-bond acceptors (Lipinski definition) is 5. The lowest BCUT2D eigenvalue weighted by Crippen LogP contribution is -2.16. The van der Waals surface area contributed by atoms with Gasteiger partial charge >= 0.3 is 0 Å². The summed E-state index contributed by atoms with van der Waals surface area (Å²) >= 11 is 6.30. The molecule has 2 aromatic carbocycles. The molecule has 3 N–H and O–H groups in total. The van der Waals surface area contributed by atoms with Gasteiger partial charge in [-0.3, -0.25) is 14.9 Å². The molecule has 0 bridgehead atoms. The van der Waals surface area contributed by atoms with Crippen LogP contribution in [0.15, 0.2) is 60.9 Å². The summed E-state index contributed by atoms with van der Waals surface area (Å²) in [5, 5.41) is 14.6. The van der Waals surface area contributed by atoms with Crippen LogP contribution in [0.4, 0.5) is 11.4 Å². The number of aromatic nitrogens is 3. The van der Waals surface area contributed by atoms with Gasteiger partial charge in [0.05, 0.1) is 34.6 Å². The molecule has 0 saturated heterocycles. The van der Waals surface area contributed by atoms with Crippen LogP contribution in [-0.4, -0.2) is 41.3 Å². The second kappa shape index (κ2) is 8.94. The van der Waals surface area contributed by atoms with Crippen LogP contribution in [0.3, 0.4) is 0 Å². The molecule has 7 nitrogen and oxygen atoms in total. The van der Waals surface area contributed by atoms with Gasteiger partial charge in [0.1, 0.15) is 0 Å². The standard InChI is InChI=1S/C22H20ClN5O2/c1-30-10-9-24-20-12-14(21-18(23)3-2-8-25-21)4-6-17(20)22(29)27-16-5-7-19-15(11-16)13-26-28-19/h2-8,11-13,24H,9-10H2,1H3,(H,26,28)(H,27,29). The molecule has 0 aliphatic rings. The Labute approximate surface area is 178 Å². The molecule has 2 heterocycles. The fourth-order valence-electron chi connectivity index (χ4n) is 3.14. The van der Waals surface area contributed by atoms with E-state index in [1.807, 2.05) is 30.3 Å². The summed E-state index contributed by atoms with van der Waals surface area (Å²) in [6, 6.07) is 14.6. The maximum Gasteiger partial charge on any atom is 0.257 e. The molecule has 2 aromatic heterocycles. The predicted molar refractivity (Wildman–Crippen MR) is 119 cm³/mol. The number of pyridine rings is 1. The van der Waals surface area contributed by atoms with Crippen molar-refractivity contribution in [2.45, 2.75) is 0 Å². The van der Waals surface area contributed by atoms with Crippen LogP contribution in [0.25, 0.3) is 22.2 Å². The third kappa shape index (κ3) is 4.27. The summed E-state index contributed by atoms with van der Waals surface area (Å²) in [7, 11) is 1.63. The Bertz CT molecular complexity index is 1190. The summed E-state index contributed by atoms with van der Waals surface area (Å²) in [6.45, 7) is 1.06. The highest BCUT2D eigenvalue weighted by Crippen LogP contribution is 2.30. The highest BCUT2D eigenvalue weighted by atomic mass is 35.5. The van der Waals surface area contributed by atoms with Crippen LogP contribution in [0.2, 0.25) is 5.02 Å². The van der Waals surface area contributed by atoms with Crippen molar-refractivity contribution in [2.75, 3.05) is 30.9 Å². The van der Waals surface area contributed by atoms with Crippen molar-refractivity contribution in [1.29, 1.82) is 0 Å². The number of methoxy groups -OCH3 is 1. The lowest BCUT2D eigenvalue weighted by atomic mass is 10.0. The van der Waals surface area contributed by atoms with Gasteiger partial charge in [0, 0.05) is 42.2 Å². The zero-order valence-corrected chi connectivity index (χ0v) is 17.0. The molecule has 4 aromatic rings. The van der Waals surface area contributed by atoms with Gasteiger partial charge in [0.25, 0.3) is 5.91 Å². The second-order valence-corrected chi connectivity index (χ2v) is 7.05. The van der Waals surface area contributed by atoms with E-state index >= 15 is 0 Å². The molecule has 152 valence electrons. The molecule has 0 saturated carbocycles. The van der Waals surface area contributed by atoms with Crippen LogP contribution < -0.4 is 10.6 Å². The molecule has 8 heteroatoms. The molecular formula is C22H20ClN5O2. The Balaban J connectivity index is 1.64.